The third-order valence-electron chi connectivity index (χ3n) is 4.77. The molecule has 0 aromatic carbocycles. The lowest BCUT2D eigenvalue weighted by atomic mass is 9.76. The lowest BCUT2D eigenvalue weighted by Crippen LogP contribution is -2.51. The first-order valence-corrected chi connectivity index (χ1v) is 8.78. The molecule has 2 heterocycles. The molecule has 2 rings (SSSR count). The Morgan fingerprint density at radius 3 is 2.92 bits per heavy atom. The molecule has 8 nitrogen and oxygen atoms in total. The molecule has 0 saturated carbocycles. The van der Waals surface area contributed by atoms with Crippen LogP contribution in [0.2, 0.25) is 0 Å². The fourth-order valence-corrected chi connectivity index (χ4v) is 3.24. The fraction of sp³-hybridized carbons (Fsp3) is 0.556. The molecule has 26 heavy (non-hydrogen) atoms. The molecule has 0 aliphatic carbocycles. The zero-order valence-corrected chi connectivity index (χ0v) is 15.0. The number of aromatic nitrogens is 1. The Morgan fingerprint density at radius 2 is 2.23 bits per heavy atom. The van der Waals surface area contributed by atoms with Gasteiger partial charge < -0.3 is 21.1 Å². The van der Waals surface area contributed by atoms with Crippen molar-refractivity contribution in [2.45, 2.75) is 39.0 Å². The van der Waals surface area contributed by atoms with Gasteiger partial charge in [0.2, 0.25) is 11.8 Å². The molecule has 0 bridgehead atoms. The molecule has 0 unspecified atom stereocenters. The predicted molar refractivity (Wildman–Crippen MR) is 96.2 cm³/mol. The van der Waals surface area contributed by atoms with Gasteiger partial charge in [0.1, 0.15) is 5.82 Å². The third-order valence-corrected chi connectivity index (χ3v) is 4.77. The van der Waals surface area contributed by atoms with Gasteiger partial charge in [-0.2, -0.15) is 0 Å². The number of amides is 2. The van der Waals surface area contributed by atoms with Crippen LogP contribution < -0.4 is 11.1 Å². The molecule has 0 radical (unpaired) electrons. The smallest absolute Gasteiger partial charge is 0.305 e. The van der Waals surface area contributed by atoms with Gasteiger partial charge in [-0.1, -0.05) is 6.92 Å². The van der Waals surface area contributed by atoms with Crippen molar-refractivity contribution in [1.82, 2.24) is 15.2 Å². The number of carboxylic acids is 1. The van der Waals surface area contributed by atoms with Gasteiger partial charge in [0, 0.05) is 24.7 Å². The van der Waals surface area contributed by atoms with Crippen molar-refractivity contribution >= 4 is 23.6 Å². The number of nitrogen functional groups attached to an aromatic ring is 1. The molecule has 1 aliphatic heterocycles. The van der Waals surface area contributed by atoms with E-state index >= 15 is 0 Å². The van der Waals surface area contributed by atoms with Crippen LogP contribution in [-0.4, -0.2) is 52.4 Å². The number of rotatable bonds is 8. The second kappa shape index (κ2) is 8.64. The lowest BCUT2D eigenvalue weighted by molar-refractivity contribution is -0.148. The van der Waals surface area contributed by atoms with E-state index in [1.54, 1.807) is 11.1 Å². The van der Waals surface area contributed by atoms with Crippen molar-refractivity contribution in [3.05, 3.63) is 23.9 Å². The Bertz CT molecular complexity index is 679. The number of pyridine rings is 1. The summed E-state index contributed by atoms with van der Waals surface area (Å²) in [6.45, 7) is 2.52. The van der Waals surface area contributed by atoms with E-state index < -0.39 is 11.4 Å². The van der Waals surface area contributed by atoms with Crippen molar-refractivity contribution in [3.63, 3.8) is 0 Å². The quantitative estimate of drug-likeness (QED) is 0.628. The Morgan fingerprint density at radius 1 is 1.46 bits per heavy atom. The molecule has 1 aromatic heterocycles. The van der Waals surface area contributed by atoms with Crippen LogP contribution in [0.5, 0.6) is 0 Å². The van der Waals surface area contributed by atoms with Gasteiger partial charge in [-0.3, -0.25) is 14.4 Å². The SMILES string of the molecule is C[C@@]1(CCc2ccnc(N)c2)CCCN(CC(=O)NCCC(=O)O)C1=O. The first kappa shape index (κ1) is 19.7. The van der Waals surface area contributed by atoms with Crippen molar-refractivity contribution in [2.24, 2.45) is 5.41 Å². The molecule has 1 atom stereocenters. The molecule has 1 aliphatic rings. The van der Waals surface area contributed by atoms with Crippen LogP contribution in [0.15, 0.2) is 18.3 Å². The second-order valence-electron chi connectivity index (χ2n) is 6.97. The number of anilines is 1. The number of nitrogens with zero attached hydrogens (tertiary/aromatic N) is 2. The maximum atomic E-state index is 12.9. The van der Waals surface area contributed by atoms with E-state index in [4.69, 9.17) is 10.8 Å². The summed E-state index contributed by atoms with van der Waals surface area (Å²) in [6, 6.07) is 3.70. The molecule has 142 valence electrons. The average molecular weight is 362 g/mol. The number of hydrogen-bond donors (Lipinski definition) is 3. The summed E-state index contributed by atoms with van der Waals surface area (Å²) in [6.07, 6.45) is 4.53. The first-order valence-electron chi connectivity index (χ1n) is 8.78. The number of likely N-dealkylation sites (tertiary alicyclic amines) is 1. The lowest BCUT2D eigenvalue weighted by Gasteiger charge is -2.39. The monoisotopic (exact) mass is 362 g/mol. The van der Waals surface area contributed by atoms with Crippen molar-refractivity contribution < 1.29 is 19.5 Å². The molecule has 1 saturated heterocycles. The number of piperidine rings is 1. The molecule has 4 N–H and O–H groups in total. The molecule has 1 fully saturated rings. The van der Waals surface area contributed by atoms with E-state index in [2.05, 4.69) is 10.3 Å². The largest absolute Gasteiger partial charge is 0.481 e. The van der Waals surface area contributed by atoms with E-state index in [9.17, 15) is 14.4 Å². The van der Waals surface area contributed by atoms with Crippen LogP contribution >= 0.6 is 0 Å². The van der Waals surface area contributed by atoms with Crippen LogP contribution in [0.4, 0.5) is 5.82 Å². The normalized spacial score (nSPS) is 20.0. The Labute approximate surface area is 152 Å². The zero-order valence-electron chi connectivity index (χ0n) is 15.0. The van der Waals surface area contributed by atoms with Crippen molar-refractivity contribution in [3.8, 4) is 0 Å². The van der Waals surface area contributed by atoms with Gasteiger partial charge in [0.15, 0.2) is 0 Å². The van der Waals surface area contributed by atoms with Crippen LogP contribution in [0.1, 0.15) is 38.2 Å². The topological polar surface area (TPSA) is 126 Å². The molecular weight excluding hydrogens is 336 g/mol. The number of carboxylic acid groups (broad SMARTS) is 1. The van der Waals surface area contributed by atoms with Gasteiger partial charge in [-0.25, -0.2) is 4.98 Å². The number of carbonyl (C=O) groups excluding carboxylic acids is 2. The Kier molecular flexibility index (Phi) is 6.54. The minimum Gasteiger partial charge on any atom is -0.481 e. The van der Waals surface area contributed by atoms with Gasteiger partial charge in [-0.05, 0) is 43.4 Å². The summed E-state index contributed by atoms with van der Waals surface area (Å²) >= 11 is 0. The van der Waals surface area contributed by atoms with E-state index in [1.807, 2.05) is 19.1 Å². The minimum atomic E-state index is -0.969. The summed E-state index contributed by atoms with van der Waals surface area (Å²) in [5.41, 5.74) is 6.22. The Hall–Kier alpha value is -2.64. The third kappa shape index (κ3) is 5.44. The highest BCUT2D eigenvalue weighted by Crippen LogP contribution is 2.35. The van der Waals surface area contributed by atoms with Gasteiger partial charge >= 0.3 is 5.97 Å². The summed E-state index contributed by atoms with van der Waals surface area (Å²) in [4.78, 5) is 40.8. The number of hydrogen-bond acceptors (Lipinski definition) is 5. The van der Waals surface area contributed by atoms with Gasteiger partial charge in [0.05, 0.1) is 13.0 Å². The van der Waals surface area contributed by atoms with E-state index in [-0.39, 0.29) is 31.3 Å². The number of carbonyl (C=O) groups is 3. The van der Waals surface area contributed by atoms with Gasteiger partial charge in [0.25, 0.3) is 0 Å². The second-order valence-corrected chi connectivity index (χ2v) is 6.97. The molecule has 0 spiro atoms. The maximum absolute atomic E-state index is 12.9. The first-order chi connectivity index (χ1) is 12.3. The number of aliphatic carboxylic acids is 1. The average Bonchev–Trinajstić information content (AvgIpc) is 2.57. The summed E-state index contributed by atoms with van der Waals surface area (Å²) in [7, 11) is 0. The van der Waals surface area contributed by atoms with E-state index in [0.717, 1.165) is 18.4 Å². The summed E-state index contributed by atoms with van der Waals surface area (Å²) in [5, 5.41) is 11.1. The summed E-state index contributed by atoms with van der Waals surface area (Å²) in [5.74, 6) is -0.865. The molecule has 2 amide bonds. The standard InChI is InChI=1S/C18H26N4O4/c1-18(7-3-13-4-8-20-14(19)11-13)6-2-10-22(17(18)26)12-15(23)21-9-5-16(24)25/h4,8,11H,2-3,5-7,9-10,12H2,1H3,(H2,19,20)(H,21,23)(H,24,25)/t18-/m0/s1. The van der Waals surface area contributed by atoms with Crippen molar-refractivity contribution in [1.29, 1.82) is 0 Å². The summed E-state index contributed by atoms with van der Waals surface area (Å²) < 4.78 is 0. The molecule has 8 heteroatoms. The van der Waals surface area contributed by atoms with Crippen LogP contribution in [-0.2, 0) is 20.8 Å². The highest BCUT2D eigenvalue weighted by molar-refractivity contribution is 5.88. The Balaban J connectivity index is 1.90. The van der Waals surface area contributed by atoms with Crippen molar-refractivity contribution in [2.75, 3.05) is 25.4 Å². The van der Waals surface area contributed by atoms with E-state index in [0.29, 0.717) is 25.2 Å². The van der Waals surface area contributed by atoms with Gasteiger partial charge in [-0.15, -0.1) is 0 Å². The van der Waals surface area contributed by atoms with E-state index in [1.165, 1.54) is 0 Å². The van der Waals surface area contributed by atoms with Crippen LogP contribution in [0, 0.1) is 5.41 Å². The molecule has 1 aromatic rings. The highest BCUT2D eigenvalue weighted by Gasteiger charge is 2.39. The zero-order chi connectivity index (χ0) is 19.2. The number of nitrogens with one attached hydrogen (secondary N) is 1. The predicted octanol–water partition coefficient (Wildman–Crippen LogP) is 0.816. The number of nitrogens with two attached hydrogens (primary N) is 1. The molecular formula is C18H26N4O4. The van der Waals surface area contributed by atoms with Crippen LogP contribution in [0.3, 0.4) is 0 Å². The number of aryl methyl sites for hydroxylation is 1. The fourth-order valence-electron chi connectivity index (χ4n) is 3.24. The highest BCUT2D eigenvalue weighted by atomic mass is 16.4. The minimum absolute atomic E-state index is 0.0286. The van der Waals surface area contributed by atoms with Crippen LogP contribution in [0.25, 0.3) is 0 Å². The maximum Gasteiger partial charge on any atom is 0.305 e.